The zero-order valence-corrected chi connectivity index (χ0v) is 13.4. The Bertz CT molecular complexity index is 782. The van der Waals surface area contributed by atoms with Crippen LogP contribution < -0.4 is 4.74 Å². The fourth-order valence-electron chi connectivity index (χ4n) is 2.04. The Labute approximate surface area is 134 Å². The van der Waals surface area contributed by atoms with Crippen LogP contribution >= 0.6 is 27.5 Å². The number of hydrogen-bond donors (Lipinski definition) is 0. The topological polar surface area (TPSA) is 39.4 Å². The smallest absolute Gasteiger partial charge is 0.379 e. The minimum absolute atomic E-state index is 0.148. The second kappa shape index (κ2) is 5.54. The number of esters is 1. The number of halogens is 2. The van der Waals surface area contributed by atoms with Gasteiger partial charge < -0.3 is 9.15 Å². The van der Waals surface area contributed by atoms with E-state index in [9.17, 15) is 4.79 Å². The van der Waals surface area contributed by atoms with Gasteiger partial charge in [-0.1, -0.05) is 45.7 Å². The Kier molecular flexibility index (Phi) is 3.74. The number of ether oxygens (including phenoxy) is 1. The summed E-state index contributed by atoms with van der Waals surface area (Å²) in [6.45, 7) is 1.82. The van der Waals surface area contributed by atoms with Crippen LogP contribution in [0.5, 0.6) is 5.75 Å². The van der Waals surface area contributed by atoms with E-state index in [0.29, 0.717) is 16.4 Å². The second-order valence-electron chi connectivity index (χ2n) is 4.57. The van der Waals surface area contributed by atoms with Crippen molar-refractivity contribution in [1.82, 2.24) is 0 Å². The van der Waals surface area contributed by atoms with Crippen molar-refractivity contribution in [2.24, 2.45) is 0 Å². The second-order valence-corrected chi connectivity index (χ2v) is 5.89. The lowest BCUT2D eigenvalue weighted by Gasteiger charge is -2.08. The summed E-state index contributed by atoms with van der Waals surface area (Å²) in [5, 5.41) is 1.22. The molecule has 0 saturated carbocycles. The average Bonchev–Trinajstić information content (AvgIpc) is 2.86. The molecule has 0 bridgehead atoms. The lowest BCUT2D eigenvalue weighted by Crippen LogP contribution is -2.08. The van der Waals surface area contributed by atoms with E-state index in [1.165, 1.54) is 0 Å². The Morgan fingerprint density at radius 2 is 2.00 bits per heavy atom. The molecule has 1 heterocycles. The van der Waals surface area contributed by atoms with Crippen molar-refractivity contribution in [3.63, 3.8) is 0 Å². The van der Waals surface area contributed by atoms with Crippen LogP contribution in [0.4, 0.5) is 0 Å². The van der Waals surface area contributed by atoms with Gasteiger partial charge in [0.15, 0.2) is 5.75 Å². The maximum Gasteiger partial charge on any atom is 0.379 e. The first-order valence-electron chi connectivity index (χ1n) is 6.21. The molecule has 0 fully saturated rings. The molecular weight excluding hydrogens is 356 g/mol. The molecule has 5 heteroatoms. The van der Waals surface area contributed by atoms with Crippen LogP contribution in [0.1, 0.15) is 16.1 Å². The summed E-state index contributed by atoms with van der Waals surface area (Å²) in [6.07, 6.45) is 0. The number of hydrogen-bond acceptors (Lipinski definition) is 3. The number of para-hydroxylation sites is 1. The van der Waals surface area contributed by atoms with E-state index in [1.54, 1.807) is 18.2 Å². The summed E-state index contributed by atoms with van der Waals surface area (Å²) in [5.41, 5.74) is 1.40. The van der Waals surface area contributed by atoms with E-state index in [4.69, 9.17) is 20.8 Å². The van der Waals surface area contributed by atoms with Crippen molar-refractivity contribution >= 4 is 44.5 Å². The van der Waals surface area contributed by atoms with Gasteiger partial charge in [-0.05, 0) is 36.8 Å². The standard InChI is InChI=1S/C16H10BrClO3/c1-9-6-11(17)8-12(18)15(9)21-16(19)14-7-10-4-2-3-5-13(10)20-14/h2-8H,1H3. The van der Waals surface area contributed by atoms with Crippen LogP contribution in [0.15, 0.2) is 51.4 Å². The molecule has 3 aromatic rings. The van der Waals surface area contributed by atoms with Gasteiger partial charge in [-0.2, -0.15) is 0 Å². The molecule has 106 valence electrons. The average molecular weight is 366 g/mol. The number of carbonyl (C=O) groups excluding carboxylic acids is 1. The monoisotopic (exact) mass is 364 g/mol. The van der Waals surface area contributed by atoms with Crippen molar-refractivity contribution in [2.75, 3.05) is 0 Å². The van der Waals surface area contributed by atoms with E-state index in [-0.39, 0.29) is 5.76 Å². The number of rotatable bonds is 2. The minimum Gasteiger partial charge on any atom is -0.449 e. The zero-order valence-electron chi connectivity index (χ0n) is 11.0. The summed E-state index contributed by atoms with van der Waals surface area (Å²) < 4.78 is 11.7. The number of furan rings is 1. The van der Waals surface area contributed by atoms with Gasteiger partial charge >= 0.3 is 5.97 Å². The lowest BCUT2D eigenvalue weighted by molar-refractivity contribution is 0.0702. The molecule has 0 atom stereocenters. The predicted octanol–water partition coefficient (Wildman–Crippen LogP) is 5.38. The Balaban J connectivity index is 1.93. The number of carbonyl (C=O) groups is 1. The number of aryl methyl sites for hydroxylation is 1. The van der Waals surface area contributed by atoms with Gasteiger partial charge in [0.05, 0.1) is 5.02 Å². The summed E-state index contributed by atoms with van der Waals surface area (Å²) >= 11 is 9.45. The van der Waals surface area contributed by atoms with Gasteiger partial charge in [-0.15, -0.1) is 0 Å². The molecule has 0 N–H and O–H groups in total. The predicted molar refractivity (Wildman–Crippen MR) is 85.1 cm³/mol. The molecule has 21 heavy (non-hydrogen) atoms. The molecule has 0 amide bonds. The molecule has 0 saturated heterocycles. The van der Waals surface area contributed by atoms with E-state index in [0.717, 1.165) is 15.4 Å². The fraction of sp³-hybridized carbons (Fsp3) is 0.0625. The SMILES string of the molecule is Cc1cc(Br)cc(Cl)c1OC(=O)c1cc2ccccc2o1. The molecule has 3 rings (SSSR count). The first-order valence-corrected chi connectivity index (χ1v) is 7.38. The molecule has 0 unspecified atom stereocenters. The summed E-state index contributed by atoms with van der Waals surface area (Å²) in [7, 11) is 0. The first-order chi connectivity index (χ1) is 10.0. The van der Waals surface area contributed by atoms with E-state index >= 15 is 0 Å². The molecule has 0 aliphatic carbocycles. The van der Waals surface area contributed by atoms with E-state index in [1.807, 2.05) is 31.2 Å². The molecule has 0 aliphatic heterocycles. The van der Waals surface area contributed by atoms with Crippen LogP contribution in [0.3, 0.4) is 0 Å². The van der Waals surface area contributed by atoms with Crippen molar-refractivity contribution in [2.45, 2.75) is 6.92 Å². The molecule has 0 radical (unpaired) electrons. The third kappa shape index (κ3) is 2.82. The quantitative estimate of drug-likeness (QED) is 0.452. The molecule has 0 aliphatic rings. The molecule has 0 spiro atoms. The van der Waals surface area contributed by atoms with E-state index < -0.39 is 5.97 Å². The number of benzene rings is 2. The maximum absolute atomic E-state index is 12.2. The number of fused-ring (bicyclic) bond motifs is 1. The Morgan fingerprint density at radius 3 is 2.71 bits per heavy atom. The third-order valence-electron chi connectivity index (χ3n) is 3.02. The van der Waals surface area contributed by atoms with Crippen molar-refractivity contribution < 1.29 is 13.9 Å². The highest BCUT2D eigenvalue weighted by molar-refractivity contribution is 9.10. The van der Waals surface area contributed by atoms with Gasteiger partial charge in [0.2, 0.25) is 5.76 Å². The largest absolute Gasteiger partial charge is 0.449 e. The highest BCUT2D eigenvalue weighted by Gasteiger charge is 2.17. The van der Waals surface area contributed by atoms with Crippen LogP contribution in [-0.2, 0) is 0 Å². The molecule has 1 aromatic heterocycles. The molecule has 2 aromatic carbocycles. The summed E-state index contributed by atoms with van der Waals surface area (Å²) in [4.78, 5) is 12.2. The van der Waals surface area contributed by atoms with Crippen molar-refractivity contribution in [3.8, 4) is 5.75 Å². The summed E-state index contributed by atoms with van der Waals surface area (Å²) in [6, 6.07) is 12.5. The van der Waals surface area contributed by atoms with Crippen LogP contribution in [0, 0.1) is 6.92 Å². The van der Waals surface area contributed by atoms with Gasteiger partial charge in [-0.3, -0.25) is 0 Å². The third-order valence-corrected chi connectivity index (χ3v) is 3.75. The fourth-order valence-corrected chi connectivity index (χ4v) is 3.05. The zero-order chi connectivity index (χ0) is 15.0. The Hall–Kier alpha value is -1.78. The first kappa shape index (κ1) is 14.2. The van der Waals surface area contributed by atoms with Gasteiger partial charge in [-0.25, -0.2) is 4.79 Å². The Morgan fingerprint density at radius 1 is 1.24 bits per heavy atom. The van der Waals surface area contributed by atoms with Gasteiger partial charge in [0.25, 0.3) is 0 Å². The van der Waals surface area contributed by atoms with Crippen LogP contribution in [-0.4, -0.2) is 5.97 Å². The van der Waals surface area contributed by atoms with Crippen molar-refractivity contribution in [3.05, 3.63) is 63.3 Å². The highest BCUT2D eigenvalue weighted by atomic mass is 79.9. The molecular formula is C16H10BrClO3. The van der Waals surface area contributed by atoms with Crippen molar-refractivity contribution in [1.29, 1.82) is 0 Å². The summed E-state index contributed by atoms with van der Waals surface area (Å²) in [5.74, 6) is -0.0848. The minimum atomic E-state index is -0.571. The normalized spacial score (nSPS) is 10.8. The van der Waals surface area contributed by atoms with Gasteiger partial charge in [0.1, 0.15) is 5.58 Å². The highest BCUT2D eigenvalue weighted by Crippen LogP contribution is 2.33. The van der Waals surface area contributed by atoms with E-state index in [2.05, 4.69) is 15.9 Å². The van der Waals surface area contributed by atoms with Gasteiger partial charge in [0, 0.05) is 9.86 Å². The lowest BCUT2D eigenvalue weighted by atomic mass is 10.2. The molecule has 3 nitrogen and oxygen atoms in total. The van der Waals surface area contributed by atoms with Crippen LogP contribution in [0.2, 0.25) is 5.02 Å². The van der Waals surface area contributed by atoms with Crippen LogP contribution in [0.25, 0.3) is 11.0 Å². The maximum atomic E-state index is 12.2.